The molecule has 0 bridgehead atoms. The highest BCUT2D eigenvalue weighted by Crippen LogP contribution is 2.39. The average molecular weight is 360 g/mol. The van der Waals surface area contributed by atoms with E-state index in [-0.39, 0.29) is 6.04 Å². The fourth-order valence-corrected chi connectivity index (χ4v) is 4.77. The second-order valence-corrected chi connectivity index (χ2v) is 7.89. The van der Waals surface area contributed by atoms with Crippen LogP contribution in [0.15, 0.2) is 21.3 Å². The van der Waals surface area contributed by atoms with Crippen LogP contribution in [0.1, 0.15) is 34.7 Å². The minimum atomic E-state index is 0.220. The summed E-state index contributed by atoms with van der Waals surface area (Å²) in [7, 11) is 1.73. The highest BCUT2D eigenvalue weighted by molar-refractivity contribution is 9.11. The number of thiophene rings is 2. The highest BCUT2D eigenvalue weighted by atomic mass is 79.9. The Balaban J connectivity index is 2.38. The number of ether oxygens (including phenoxy) is 1. The minimum Gasteiger partial charge on any atom is -0.496 e. The van der Waals surface area contributed by atoms with Gasteiger partial charge in [-0.3, -0.25) is 0 Å². The van der Waals surface area contributed by atoms with E-state index in [2.05, 4.69) is 46.5 Å². The Morgan fingerprint density at radius 2 is 2.26 bits per heavy atom. The van der Waals surface area contributed by atoms with Crippen LogP contribution < -0.4 is 10.1 Å². The van der Waals surface area contributed by atoms with E-state index in [1.807, 2.05) is 6.07 Å². The summed E-state index contributed by atoms with van der Waals surface area (Å²) in [5, 5.41) is 5.72. The zero-order valence-corrected chi connectivity index (χ0v) is 14.5. The van der Waals surface area contributed by atoms with Crippen LogP contribution in [-0.4, -0.2) is 13.7 Å². The maximum absolute atomic E-state index is 5.48. The van der Waals surface area contributed by atoms with Gasteiger partial charge in [-0.2, -0.15) is 0 Å². The van der Waals surface area contributed by atoms with Gasteiger partial charge in [-0.1, -0.05) is 6.92 Å². The second kappa shape index (κ2) is 6.88. The van der Waals surface area contributed by atoms with Gasteiger partial charge in [0.1, 0.15) is 5.75 Å². The molecule has 2 aromatic heterocycles. The number of nitrogens with one attached hydrogen (secondary N) is 1. The van der Waals surface area contributed by atoms with Crippen molar-refractivity contribution in [3.05, 3.63) is 36.6 Å². The summed E-state index contributed by atoms with van der Waals surface area (Å²) in [6.07, 6.45) is 1.12. The van der Waals surface area contributed by atoms with Gasteiger partial charge in [0.2, 0.25) is 0 Å². The fourth-order valence-electron chi connectivity index (χ4n) is 2.07. The molecule has 0 spiro atoms. The first-order chi connectivity index (χ1) is 9.17. The summed E-state index contributed by atoms with van der Waals surface area (Å²) >= 11 is 7.11. The fraction of sp³-hybridized carbons (Fsp3) is 0.429. The Kier molecular flexibility index (Phi) is 5.45. The van der Waals surface area contributed by atoms with Crippen LogP contribution in [0.3, 0.4) is 0 Å². The van der Waals surface area contributed by atoms with E-state index in [0.29, 0.717) is 0 Å². The van der Waals surface area contributed by atoms with Gasteiger partial charge in [0.25, 0.3) is 0 Å². The van der Waals surface area contributed by atoms with Crippen molar-refractivity contribution in [3.63, 3.8) is 0 Å². The van der Waals surface area contributed by atoms with Crippen LogP contribution in [-0.2, 0) is 0 Å². The average Bonchev–Trinajstić information content (AvgIpc) is 2.97. The Morgan fingerprint density at radius 1 is 1.47 bits per heavy atom. The molecule has 104 valence electrons. The molecular weight excluding hydrogens is 342 g/mol. The largest absolute Gasteiger partial charge is 0.496 e. The van der Waals surface area contributed by atoms with Crippen LogP contribution in [0.4, 0.5) is 0 Å². The number of aryl methyl sites for hydroxylation is 1. The van der Waals surface area contributed by atoms with E-state index in [4.69, 9.17) is 4.74 Å². The smallest absolute Gasteiger partial charge is 0.134 e. The quantitative estimate of drug-likeness (QED) is 0.785. The van der Waals surface area contributed by atoms with Crippen LogP contribution in [0.25, 0.3) is 0 Å². The zero-order valence-electron chi connectivity index (χ0n) is 11.3. The first-order valence-corrected chi connectivity index (χ1v) is 8.76. The van der Waals surface area contributed by atoms with Crippen LogP contribution in [0.5, 0.6) is 5.75 Å². The lowest BCUT2D eigenvalue weighted by molar-refractivity contribution is 0.407. The molecule has 1 unspecified atom stereocenters. The molecule has 2 aromatic rings. The van der Waals surface area contributed by atoms with Crippen molar-refractivity contribution in [1.29, 1.82) is 0 Å². The summed E-state index contributed by atoms with van der Waals surface area (Å²) in [5.41, 5.74) is 1.34. The Bertz CT molecular complexity index is 535. The first-order valence-electron chi connectivity index (χ1n) is 6.28. The van der Waals surface area contributed by atoms with Crippen molar-refractivity contribution in [1.82, 2.24) is 5.32 Å². The van der Waals surface area contributed by atoms with Crippen molar-refractivity contribution in [2.45, 2.75) is 26.3 Å². The lowest BCUT2D eigenvalue weighted by Crippen LogP contribution is -2.22. The maximum Gasteiger partial charge on any atom is 0.134 e. The molecule has 0 aliphatic rings. The molecule has 0 aliphatic heterocycles. The van der Waals surface area contributed by atoms with Gasteiger partial charge in [0.15, 0.2) is 0 Å². The monoisotopic (exact) mass is 359 g/mol. The lowest BCUT2D eigenvalue weighted by atomic mass is 10.1. The molecule has 0 saturated heterocycles. The topological polar surface area (TPSA) is 21.3 Å². The van der Waals surface area contributed by atoms with Crippen molar-refractivity contribution in [2.75, 3.05) is 13.7 Å². The summed E-state index contributed by atoms with van der Waals surface area (Å²) in [6, 6.07) is 4.47. The molecule has 0 aromatic carbocycles. The predicted octanol–water partition coefficient (Wildman–Crippen LogP) is 4.98. The van der Waals surface area contributed by atoms with Gasteiger partial charge >= 0.3 is 0 Å². The van der Waals surface area contributed by atoms with Crippen molar-refractivity contribution in [2.24, 2.45) is 0 Å². The van der Waals surface area contributed by atoms with E-state index in [1.54, 1.807) is 29.8 Å². The Hall–Kier alpha value is -0.360. The van der Waals surface area contributed by atoms with Gasteiger partial charge in [0.05, 0.1) is 21.8 Å². The standard InChI is InChI=1S/C14H18BrNOS2/c1-4-6-16-13(10-8-12(15)19-9(10)2)14-11(17-3)5-7-18-14/h5,7-8,13,16H,4,6H2,1-3H3. The molecule has 2 heterocycles. The van der Waals surface area contributed by atoms with E-state index in [1.165, 1.54) is 19.1 Å². The summed E-state index contributed by atoms with van der Waals surface area (Å²) in [6.45, 7) is 5.36. The molecule has 1 N–H and O–H groups in total. The molecule has 0 aliphatic carbocycles. The summed E-state index contributed by atoms with van der Waals surface area (Å²) in [4.78, 5) is 2.60. The molecule has 0 fully saturated rings. The van der Waals surface area contributed by atoms with E-state index < -0.39 is 0 Å². The van der Waals surface area contributed by atoms with Gasteiger partial charge in [-0.25, -0.2) is 0 Å². The zero-order chi connectivity index (χ0) is 13.8. The van der Waals surface area contributed by atoms with Gasteiger partial charge in [0, 0.05) is 4.88 Å². The van der Waals surface area contributed by atoms with Gasteiger partial charge in [-0.05, 0) is 58.9 Å². The van der Waals surface area contributed by atoms with Crippen LogP contribution in [0.2, 0.25) is 0 Å². The predicted molar refractivity (Wildman–Crippen MR) is 87.8 cm³/mol. The SMILES string of the molecule is CCCNC(c1cc(Br)sc1C)c1sccc1OC. The van der Waals surface area contributed by atoms with Crippen molar-refractivity contribution < 1.29 is 4.74 Å². The van der Waals surface area contributed by atoms with Crippen molar-refractivity contribution in [3.8, 4) is 5.75 Å². The second-order valence-electron chi connectivity index (χ2n) is 4.30. The van der Waals surface area contributed by atoms with E-state index in [0.717, 1.165) is 18.7 Å². The molecular formula is C14H18BrNOS2. The number of halogens is 1. The minimum absolute atomic E-state index is 0.220. The molecule has 2 rings (SSSR count). The molecule has 19 heavy (non-hydrogen) atoms. The Labute approximate surface area is 130 Å². The third-order valence-electron chi connectivity index (χ3n) is 2.97. The van der Waals surface area contributed by atoms with E-state index in [9.17, 15) is 0 Å². The number of methoxy groups -OCH3 is 1. The third-order valence-corrected chi connectivity index (χ3v) is 5.51. The van der Waals surface area contributed by atoms with Gasteiger partial charge < -0.3 is 10.1 Å². The Morgan fingerprint density at radius 3 is 2.84 bits per heavy atom. The molecule has 2 nitrogen and oxygen atoms in total. The lowest BCUT2D eigenvalue weighted by Gasteiger charge is -2.18. The summed E-state index contributed by atoms with van der Waals surface area (Å²) < 4.78 is 6.66. The third kappa shape index (κ3) is 3.40. The highest BCUT2D eigenvalue weighted by Gasteiger charge is 2.22. The van der Waals surface area contributed by atoms with Crippen molar-refractivity contribution >= 4 is 38.6 Å². The number of hydrogen-bond acceptors (Lipinski definition) is 4. The molecule has 0 radical (unpaired) electrons. The van der Waals surface area contributed by atoms with Crippen LogP contribution in [0, 0.1) is 6.92 Å². The number of rotatable bonds is 6. The molecule has 0 saturated carbocycles. The van der Waals surface area contributed by atoms with E-state index >= 15 is 0 Å². The normalized spacial score (nSPS) is 12.6. The van der Waals surface area contributed by atoms with Crippen LogP contribution >= 0.6 is 38.6 Å². The molecule has 5 heteroatoms. The molecule has 0 amide bonds. The molecule has 1 atom stereocenters. The number of hydrogen-bond donors (Lipinski definition) is 1. The first kappa shape index (κ1) is 15.0. The summed E-state index contributed by atoms with van der Waals surface area (Å²) in [5.74, 6) is 0.973. The maximum atomic E-state index is 5.48. The van der Waals surface area contributed by atoms with Gasteiger partial charge in [-0.15, -0.1) is 22.7 Å².